The van der Waals surface area contributed by atoms with Gasteiger partial charge in [-0.15, -0.1) is 0 Å². The quantitative estimate of drug-likeness (QED) is 0.0466. The number of esters is 1. The monoisotopic (exact) mass is 655 g/mol. The number of hydrogen-bond donors (Lipinski definition) is 0. The van der Waals surface area contributed by atoms with E-state index in [-0.39, 0.29) is 12.1 Å². The number of unbranched alkanes of at least 4 members (excludes halogenated alkanes) is 18. The molecule has 3 nitrogen and oxygen atoms in total. The van der Waals surface area contributed by atoms with Crippen LogP contribution in [0.5, 0.6) is 5.75 Å². The molecule has 3 heteroatoms. The van der Waals surface area contributed by atoms with Crippen LogP contribution in [0.2, 0.25) is 0 Å². The molecule has 0 aliphatic rings. The Morgan fingerprint density at radius 2 is 1.00 bits per heavy atom. The molecule has 0 saturated heterocycles. The Balaban J connectivity index is 1.31. The van der Waals surface area contributed by atoms with Crippen molar-refractivity contribution in [2.75, 3.05) is 6.61 Å². The molecule has 264 valence electrons. The highest BCUT2D eigenvalue weighted by Crippen LogP contribution is 2.26. The van der Waals surface area contributed by atoms with Crippen molar-refractivity contribution in [2.24, 2.45) is 0 Å². The summed E-state index contributed by atoms with van der Waals surface area (Å²) in [6, 6.07) is 24.3. The van der Waals surface area contributed by atoms with Crippen molar-refractivity contribution in [1.29, 1.82) is 0 Å². The van der Waals surface area contributed by atoms with Gasteiger partial charge in [-0.3, -0.25) is 0 Å². The molecule has 0 N–H and O–H groups in total. The van der Waals surface area contributed by atoms with Gasteiger partial charge in [-0.25, -0.2) is 4.79 Å². The van der Waals surface area contributed by atoms with E-state index in [0.717, 1.165) is 42.6 Å². The minimum absolute atomic E-state index is 0.0853. The van der Waals surface area contributed by atoms with Crippen LogP contribution in [0, 0.1) is 0 Å². The number of hydrogen-bond acceptors (Lipinski definition) is 3. The third kappa shape index (κ3) is 16.0. The van der Waals surface area contributed by atoms with E-state index >= 15 is 0 Å². The van der Waals surface area contributed by atoms with E-state index < -0.39 is 0 Å². The number of carbonyl (C=O) groups excluding carboxylic acids is 1. The fraction of sp³-hybridized carbons (Fsp3) is 0.578. The second-order valence-electron chi connectivity index (χ2n) is 13.8. The lowest BCUT2D eigenvalue weighted by atomic mass is 10.0. The second kappa shape index (κ2) is 25.1. The Labute approximate surface area is 294 Å². The molecule has 1 unspecified atom stereocenters. The fourth-order valence-electron chi connectivity index (χ4n) is 6.46. The maximum atomic E-state index is 13.0. The van der Waals surface area contributed by atoms with E-state index in [1.54, 1.807) is 0 Å². The van der Waals surface area contributed by atoms with Crippen molar-refractivity contribution in [2.45, 2.75) is 162 Å². The molecular formula is C45H66O3. The van der Waals surface area contributed by atoms with Crippen LogP contribution in [0.25, 0.3) is 11.1 Å². The number of para-hydroxylation sites is 1. The molecule has 0 aromatic heterocycles. The van der Waals surface area contributed by atoms with E-state index in [0.29, 0.717) is 11.3 Å². The van der Waals surface area contributed by atoms with E-state index in [1.165, 1.54) is 121 Å². The van der Waals surface area contributed by atoms with E-state index in [1.807, 2.05) is 42.5 Å². The minimum Gasteiger partial charge on any atom is -0.423 e. The van der Waals surface area contributed by atoms with Gasteiger partial charge in [0.15, 0.2) is 0 Å². The normalized spacial score (nSPS) is 11.9. The topological polar surface area (TPSA) is 35.5 Å². The molecule has 0 fully saturated rings. The number of carbonyl (C=O) groups is 1. The maximum absolute atomic E-state index is 13.0. The Kier molecular flexibility index (Phi) is 20.7. The molecule has 0 spiro atoms. The SMILES string of the molecule is CCCCCCCCCCCCCCCCOC(C)c1ccc(-c2ccc(C(=O)Oc3ccccc3CCCCCCCC)cc2)cc1. The zero-order valence-corrected chi connectivity index (χ0v) is 30.8. The van der Waals surface area contributed by atoms with Crippen LogP contribution in [0.3, 0.4) is 0 Å². The summed E-state index contributed by atoms with van der Waals surface area (Å²) < 4.78 is 12.0. The van der Waals surface area contributed by atoms with Gasteiger partial charge in [0.2, 0.25) is 0 Å². The van der Waals surface area contributed by atoms with Gasteiger partial charge in [0, 0.05) is 6.61 Å². The predicted molar refractivity (Wildman–Crippen MR) is 205 cm³/mol. The van der Waals surface area contributed by atoms with Crippen molar-refractivity contribution >= 4 is 5.97 Å². The Morgan fingerprint density at radius 3 is 1.54 bits per heavy atom. The first-order chi connectivity index (χ1) is 23.6. The smallest absolute Gasteiger partial charge is 0.343 e. The van der Waals surface area contributed by atoms with E-state index in [4.69, 9.17) is 9.47 Å². The number of benzene rings is 3. The Morgan fingerprint density at radius 1 is 0.542 bits per heavy atom. The maximum Gasteiger partial charge on any atom is 0.343 e. The molecular weight excluding hydrogens is 588 g/mol. The average molecular weight is 655 g/mol. The number of aryl methyl sites for hydroxylation is 1. The average Bonchev–Trinajstić information content (AvgIpc) is 3.12. The molecule has 0 bridgehead atoms. The Bertz CT molecular complexity index is 1230. The molecule has 3 aromatic rings. The van der Waals surface area contributed by atoms with Crippen LogP contribution in [-0.2, 0) is 11.2 Å². The zero-order chi connectivity index (χ0) is 34.1. The molecule has 3 aromatic carbocycles. The zero-order valence-electron chi connectivity index (χ0n) is 30.8. The molecule has 0 saturated carbocycles. The van der Waals surface area contributed by atoms with Gasteiger partial charge in [-0.05, 0) is 66.6 Å². The summed E-state index contributed by atoms with van der Waals surface area (Å²) in [5.74, 6) is 0.369. The van der Waals surface area contributed by atoms with Crippen LogP contribution in [0.4, 0.5) is 0 Å². The standard InChI is InChI=1S/C45H66O3/c1-4-6-8-10-12-13-14-15-16-17-18-19-21-25-37-47-38(3)39-29-31-40(32-30-39)41-33-35-43(36-34-41)45(46)48-44-28-24-23-27-42(44)26-22-20-11-9-7-5-2/h23-24,27-36,38H,4-22,25-26,37H2,1-3H3. The minimum atomic E-state index is -0.308. The van der Waals surface area contributed by atoms with Crippen LogP contribution in [0.1, 0.15) is 177 Å². The highest BCUT2D eigenvalue weighted by molar-refractivity contribution is 5.91. The number of ether oxygens (including phenoxy) is 2. The van der Waals surface area contributed by atoms with Gasteiger partial charge >= 0.3 is 5.97 Å². The highest BCUT2D eigenvalue weighted by atomic mass is 16.5. The molecule has 0 amide bonds. The van der Waals surface area contributed by atoms with E-state index in [2.05, 4.69) is 51.1 Å². The molecule has 0 aliphatic heterocycles. The second-order valence-corrected chi connectivity index (χ2v) is 13.8. The van der Waals surface area contributed by atoms with Crippen LogP contribution in [0.15, 0.2) is 72.8 Å². The highest BCUT2D eigenvalue weighted by Gasteiger charge is 2.12. The first-order valence-electron chi connectivity index (χ1n) is 19.7. The summed E-state index contributed by atoms with van der Waals surface area (Å²) in [7, 11) is 0. The van der Waals surface area contributed by atoms with Crippen LogP contribution >= 0.6 is 0 Å². The number of rotatable bonds is 27. The van der Waals surface area contributed by atoms with Crippen LogP contribution < -0.4 is 4.74 Å². The first-order valence-corrected chi connectivity index (χ1v) is 19.7. The van der Waals surface area contributed by atoms with Gasteiger partial charge in [0.25, 0.3) is 0 Å². The summed E-state index contributed by atoms with van der Waals surface area (Å²) in [5.41, 5.74) is 5.08. The van der Waals surface area contributed by atoms with Crippen molar-refractivity contribution in [3.63, 3.8) is 0 Å². The lowest BCUT2D eigenvalue weighted by molar-refractivity contribution is 0.0627. The molecule has 3 rings (SSSR count). The third-order valence-electron chi connectivity index (χ3n) is 9.67. The molecule has 1 atom stereocenters. The van der Waals surface area contributed by atoms with Gasteiger partial charge in [-0.1, -0.05) is 184 Å². The summed E-state index contributed by atoms with van der Waals surface area (Å²) in [4.78, 5) is 13.0. The molecule has 0 aliphatic carbocycles. The van der Waals surface area contributed by atoms with Gasteiger partial charge in [-0.2, -0.15) is 0 Å². The lowest BCUT2D eigenvalue weighted by Gasteiger charge is -2.14. The van der Waals surface area contributed by atoms with Gasteiger partial charge in [0.05, 0.1) is 11.7 Å². The summed E-state index contributed by atoms with van der Waals surface area (Å²) in [5, 5.41) is 0. The van der Waals surface area contributed by atoms with Crippen molar-refractivity contribution < 1.29 is 14.3 Å². The molecule has 48 heavy (non-hydrogen) atoms. The van der Waals surface area contributed by atoms with Crippen LogP contribution in [-0.4, -0.2) is 12.6 Å². The fourth-order valence-corrected chi connectivity index (χ4v) is 6.46. The summed E-state index contributed by atoms with van der Waals surface area (Å²) in [6.45, 7) is 7.50. The molecule has 0 heterocycles. The van der Waals surface area contributed by atoms with E-state index in [9.17, 15) is 4.79 Å². The first kappa shape index (κ1) is 39.5. The van der Waals surface area contributed by atoms with Gasteiger partial charge in [0.1, 0.15) is 5.75 Å². The summed E-state index contributed by atoms with van der Waals surface area (Å²) in [6.07, 6.45) is 27.7. The summed E-state index contributed by atoms with van der Waals surface area (Å²) >= 11 is 0. The largest absolute Gasteiger partial charge is 0.423 e. The predicted octanol–water partition coefficient (Wildman–Crippen LogP) is 14.0. The van der Waals surface area contributed by atoms with Crippen molar-refractivity contribution in [3.8, 4) is 16.9 Å². The lowest BCUT2D eigenvalue weighted by Crippen LogP contribution is -2.09. The molecule has 0 radical (unpaired) electrons. The van der Waals surface area contributed by atoms with Crippen molar-refractivity contribution in [3.05, 3.63) is 89.5 Å². The third-order valence-corrected chi connectivity index (χ3v) is 9.67. The van der Waals surface area contributed by atoms with Crippen molar-refractivity contribution in [1.82, 2.24) is 0 Å². The van der Waals surface area contributed by atoms with Gasteiger partial charge < -0.3 is 9.47 Å². The Hall–Kier alpha value is -2.91.